The van der Waals surface area contributed by atoms with Crippen molar-refractivity contribution in [2.75, 3.05) is 19.6 Å². The molecule has 0 aliphatic carbocycles. The molecule has 1 fully saturated rings. The third-order valence-corrected chi connectivity index (χ3v) is 3.84. The second-order valence-electron chi connectivity index (χ2n) is 5.44. The number of carbonyl (C=O) groups is 2. The maximum absolute atomic E-state index is 13.5. The van der Waals surface area contributed by atoms with Gasteiger partial charge in [-0.05, 0) is 30.9 Å². The van der Waals surface area contributed by atoms with Gasteiger partial charge in [-0.25, -0.2) is 18.0 Å². The number of likely N-dealkylation sites (tertiary alicyclic amines) is 1. The summed E-state index contributed by atoms with van der Waals surface area (Å²) in [5.74, 6) is -5.58. The molecular weight excluding hydrogens is 313 g/mol. The van der Waals surface area contributed by atoms with E-state index in [1.807, 2.05) is 0 Å². The Morgan fingerprint density at radius 2 is 2.00 bits per heavy atom. The molecule has 1 aliphatic rings. The standard InChI is InChI=1S/C15H17F3N2O3/c16-11-4-3-9(12(17)13(11)18)5-6-19-15(23)20-7-1-2-10(8-20)14(21)22/h3-4,10H,1-2,5-8H2,(H,19,23)(H,21,22). The molecule has 0 radical (unpaired) electrons. The van der Waals surface area contributed by atoms with Crippen molar-refractivity contribution >= 4 is 12.0 Å². The van der Waals surface area contributed by atoms with E-state index < -0.39 is 35.4 Å². The minimum absolute atomic E-state index is 0.00493. The van der Waals surface area contributed by atoms with E-state index in [4.69, 9.17) is 5.11 Å². The van der Waals surface area contributed by atoms with Crippen molar-refractivity contribution in [3.05, 3.63) is 35.1 Å². The maximum Gasteiger partial charge on any atom is 0.317 e. The molecule has 2 N–H and O–H groups in total. The van der Waals surface area contributed by atoms with Gasteiger partial charge in [-0.3, -0.25) is 4.79 Å². The minimum Gasteiger partial charge on any atom is -0.481 e. The monoisotopic (exact) mass is 330 g/mol. The lowest BCUT2D eigenvalue weighted by Crippen LogP contribution is -2.47. The van der Waals surface area contributed by atoms with E-state index in [2.05, 4.69) is 5.32 Å². The van der Waals surface area contributed by atoms with Crippen molar-refractivity contribution in [2.24, 2.45) is 5.92 Å². The van der Waals surface area contributed by atoms with Crippen molar-refractivity contribution in [1.29, 1.82) is 0 Å². The van der Waals surface area contributed by atoms with Crippen molar-refractivity contribution in [3.63, 3.8) is 0 Å². The van der Waals surface area contributed by atoms with Crippen molar-refractivity contribution in [3.8, 4) is 0 Å². The number of hydrogen-bond donors (Lipinski definition) is 2. The first kappa shape index (κ1) is 17.1. The molecule has 1 atom stereocenters. The van der Waals surface area contributed by atoms with Crippen LogP contribution < -0.4 is 5.32 Å². The van der Waals surface area contributed by atoms with Crippen LogP contribution >= 0.6 is 0 Å². The van der Waals surface area contributed by atoms with Gasteiger partial charge in [0.05, 0.1) is 5.92 Å². The lowest BCUT2D eigenvalue weighted by molar-refractivity contribution is -0.143. The highest BCUT2D eigenvalue weighted by Gasteiger charge is 2.27. The molecule has 2 amide bonds. The Labute approximate surface area is 131 Å². The summed E-state index contributed by atoms with van der Waals surface area (Å²) in [4.78, 5) is 24.3. The van der Waals surface area contributed by atoms with Gasteiger partial charge in [-0.15, -0.1) is 0 Å². The molecule has 8 heteroatoms. The van der Waals surface area contributed by atoms with Crippen LogP contribution in [0, 0.1) is 23.4 Å². The van der Waals surface area contributed by atoms with E-state index in [0.29, 0.717) is 19.4 Å². The normalized spacial score (nSPS) is 17.9. The molecule has 1 aromatic carbocycles. The minimum atomic E-state index is -1.53. The van der Waals surface area contributed by atoms with Crippen LogP contribution in [-0.2, 0) is 11.2 Å². The quantitative estimate of drug-likeness (QED) is 0.831. The molecule has 1 saturated heterocycles. The highest BCUT2D eigenvalue weighted by atomic mass is 19.2. The third-order valence-electron chi connectivity index (χ3n) is 3.84. The molecule has 0 spiro atoms. The number of amides is 2. The zero-order valence-corrected chi connectivity index (χ0v) is 12.3. The lowest BCUT2D eigenvalue weighted by Gasteiger charge is -2.30. The summed E-state index contributed by atoms with van der Waals surface area (Å²) in [6.45, 7) is 0.616. The fraction of sp³-hybridized carbons (Fsp3) is 0.467. The van der Waals surface area contributed by atoms with Gasteiger partial charge in [-0.2, -0.15) is 0 Å². The fourth-order valence-electron chi connectivity index (χ4n) is 2.54. The van der Waals surface area contributed by atoms with Crippen LogP contribution in [0.5, 0.6) is 0 Å². The Balaban J connectivity index is 1.85. The van der Waals surface area contributed by atoms with Gasteiger partial charge in [0.15, 0.2) is 17.5 Å². The summed E-state index contributed by atoms with van der Waals surface area (Å²) in [5, 5.41) is 11.5. The topological polar surface area (TPSA) is 69.6 Å². The number of nitrogens with zero attached hydrogens (tertiary/aromatic N) is 1. The third kappa shape index (κ3) is 4.14. The van der Waals surface area contributed by atoms with Gasteiger partial charge in [0, 0.05) is 19.6 Å². The molecular formula is C15H17F3N2O3. The lowest BCUT2D eigenvalue weighted by atomic mass is 9.99. The van der Waals surface area contributed by atoms with E-state index in [1.165, 1.54) is 4.90 Å². The van der Waals surface area contributed by atoms with Crippen molar-refractivity contribution in [1.82, 2.24) is 10.2 Å². The average molecular weight is 330 g/mol. The number of hydrogen-bond acceptors (Lipinski definition) is 2. The summed E-state index contributed by atoms with van der Waals surface area (Å²) in [7, 11) is 0. The Kier molecular flexibility index (Phi) is 5.46. The number of benzene rings is 1. The van der Waals surface area contributed by atoms with Crippen molar-refractivity contribution < 1.29 is 27.9 Å². The Bertz CT molecular complexity index is 610. The highest BCUT2D eigenvalue weighted by molar-refractivity contribution is 5.76. The maximum atomic E-state index is 13.5. The predicted molar refractivity (Wildman–Crippen MR) is 75.4 cm³/mol. The molecule has 23 heavy (non-hydrogen) atoms. The van der Waals surface area contributed by atoms with Crippen LogP contribution in [0.2, 0.25) is 0 Å². The van der Waals surface area contributed by atoms with Crippen LogP contribution in [0.25, 0.3) is 0 Å². The number of piperidine rings is 1. The Morgan fingerprint density at radius 1 is 1.26 bits per heavy atom. The number of aliphatic carboxylic acids is 1. The van der Waals surface area contributed by atoms with E-state index in [0.717, 1.165) is 12.1 Å². The molecule has 0 bridgehead atoms. The number of urea groups is 1. The highest BCUT2D eigenvalue weighted by Crippen LogP contribution is 2.17. The summed E-state index contributed by atoms with van der Waals surface area (Å²) in [6.07, 6.45) is 1.13. The Morgan fingerprint density at radius 3 is 2.70 bits per heavy atom. The molecule has 126 valence electrons. The van der Waals surface area contributed by atoms with Crippen LogP contribution in [0.4, 0.5) is 18.0 Å². The summed E-state index contributed by atoms with van der Waals surface area (Å²) in [5.41, 5.74) is -0.0359. The summed E-state index contributed by atoms with van der Waals surface area (Å²) in [6, 6.07) is 1.51. The Hall–Kier alpha value is -2.25. The van der Waals surface area contributed by atoms with Gasteiger partial charge in [0.1, 0.15) is 0 Å². The number of nitrogens with one attached hydrogen (secondary N) is 1. The molecule has 1 aromatic rings. The first-order chi connectivity index (χ1) is 10.9. The number of rotatable bonds is 4. The summed E-state index contributed by atoms with van der Waals surface area (Å²) >= 11 is 0. The van der Waals surface area contributed by atoms with Gasteiger partial charge >= 0.3 is 12.0 Å². The number of halogens is 3. The first-order valence-electron chi connectivity index (χ1n) is 7.28. The van der Waals surface area contributed by atoms with Crippen LogP contribution in [-0.4, -0.2) is 41.6 Å². The largest absolute Gasteiger partial charge is 0.481 e. The molecule has 1 unspecified atom stereocenters. The van der Waals surface area contributed by atoms with Gasteiger partial charge < -0.3 is 15.3 Å². The molecule has 0 aromatic heterocycles. The molecule has 2 rings (SSSR count). The summed E-state index contributed by atoms with van der Waals surface area (Å²) < 4.78 is 39.4. The first-order valence-corrected chi connectivity index (χ1v) is 7.28. The smallest absolute Gasteiger partial charge is 0.317 e. The second-order valence-corrected chi connectivity index (χ2v) is 5.44. The molecule has 5 nitrogen and oxygen atoms in total. The van der Waals surface area contributed by atoms with E-state index in [9.17, 15) is 22.8 Å². The number of carboxylic acids is 1. The zero-order valence-electron chi connectivity index (χ0n) is 12.3. The van der Waals surface area contributed by atoms with Crippen LogP contribution in [0.3, 0.4) is 0 Å². The van der Waals surface area contributed by atoms with Crippen LogP contribution in [0.15, 0.2) is 12.1 Å². The predicted octanol–water partition coefficient (Wildman–Crippen LogP) is 2.15. The van der Waals surface area contributed by atoms with Gasteiger partial charge in [0.2, 0.25) is 0 Å². The molecule has 1 aliphatic heterocycles. The molecule has 0 saturated carbocycles. The number of carboxylic acid groups (broad SMARTS) is 1. The van der Waals surface area contributed by atoms with Gasteiger partial charge in [0.25, 0.3) is 0 Å². The van der Waals surface area contributed by atoms with Crippen LogP contribution in [0.1, 0.15) is 18.4 Å². The van der Waals surface area contributed by atoms with Gasteiger partial charge in [-0.1, -0.05) is 6.07 Å². The second kappa shape index (κ2) is 7.34. The van der Waals surface area contributed by atoms with Crippen molar-refractivity contribution in [2.45, 2.75) is 19.3 Å². The van der Waals surface area contributed by atoms with E-state index in [-0.39, 0.29) is 25.1 Å². The fourth-order valence-corrected chi connectivity index (χ4v) is 2.54. The van der Waals surface area contributed by atoms with E-state index in [1.54, 1.807) is 0 Å². The SMILES string of the molecule is O=C(O)C1CCCN(C(=O)NCCc2ccc(F)c(F)c2F)C1. The number of carbonyl (C=O) groups excluding carboxylic acids is 1. The zero-order chi connectivity index (χ0) is 17.0. The average Bonchev–Trinajstić information content (AvgIpc) is 2.54. The molecule has 1 heterocycles. The van der Waals surface area contributed by atoms with E-state index >= 15 is 0 Å².